The number of alkyl halides is 6. The molecule has 0 unspecified atom stereocenters. The predicted molar refractivity (Wildman–Crippen MR) is 92.9 cm³/mol. The molecule has 6 nitrogen and oxygen atoms in total. The van der Waals surface area contributed by atoms with E-state index in [0.29, 0.717) is 5.82 Å². The van der Waals surface area contributed by atoms with E-state index < -0.39 is 29.9 Å². The summed E-state index contributed by atoms with van der Waals surface area (Å²) in [4.78, 5) is 14.1. The van der Waals surface area contributed by atoms with Gasteiger partial charge >= 0.3 is 12.4 Å². The van der Waals surface area contributed by atoms with Crippen molar-refractivity contribution in [1.82, 2.24) is 25.1 Å². The van der Waals surface area contributed by atoms with Gasteiger partial charge in [0.2, 0.25) is 5.91 Å². The highest BCUT2D eigenvalue weighted by molar-refractivity contribution is 5.92. The van der Waals surface area contributed by atoms with Crippen molar-refractivity contribution in [2.45, 2.75) is 44.7 Å². The number of halogens is 6. The van der Waals surface area contributed by atoms with Crippen LogP contribution >= 0.6 is 0 Å². The Morgan fingerprint density at radius 3 is 2.57 bits per heavy atom. The summed E-state index contributed by atoms with van der Waals surface area (Å²) in [5.41, 5.74) is -0.538. The third-order valence-corrected chi connectivity index (χ3v) is 4.65. The van der Waals surface area contributed by atoms with Crippen molar-refractivity contribution in [3.05, 3.63) is 46.8 Å². The molecule has 1 saturated heterocycles. The van der Waals surface area contributed by atoms with Crippen molar-refractivity contribution >= 4 is 12.0 Å². The van der Waals surface area contributed by atoms with Crippen LogP contribution in [0.4, 0.5) is 26.3 Å². The molecule has 1 fully saturated rings. The number of benzene rings is 1. The first-order chi connectivity index (χ1) is 13.9. The topological polar surface area (TPSA) is 63.9 Å². The van der Waals surface area contributed by atoms with E-state index in [2.05, 4.69) is 15.4 Å². The maximum Gasteiger partial charge on any atom is 0.416 e. The van der Waals surface area contributed by atoms with E-state index in [0.717, 1.165) is 34.0 Å². The minimum absolute atomic E-state index is 0.0324. The van der Waals surface area contributed by atoms with Crippen LogP contribution in [0.15, 0.2) is 24.3 Å². The van der Waals surface area contributed by atoms with Crippen LogP contribution in [0.2, 0.25) is 0 Å². The van der Waals surface area contributed by atoms with E-state index in [1.54, 1.807) is 6.92 Å². The summed E-state index contributed by atoms with van der Waals surface area (Å²) >= 11 is 0. The van der Waals surface area contributed by atoms with Crippen molar-refractivity contribution in [2.24, 2.45) is 0 Å². The first-order valence-electron chi connectivity index (χ1n) is 8.95. The zero-order chi connectivity index (χ0) is 22.1. The smallest absolute Gasteiger partial charge is 0.327 e. The number of hydrogen-bond donors (Lipinski definition) is 0. The molecule has 1 atom stereocenters. The monoisotopic (exact) mass is 433 g/mol. The van der Waals surface area contributed by atoms with E-state index in [9.17, 15) is 31.1 Å². The molecule has 0 spiro atoms. The number of aryl methyl sites for hydroxylation is 1. The highest BCUT2D eigenvalue weighted by Gasteiger charge is 2.47. The van der Waals surface area contributed by atoms with Crippen LogP contribution in [-0.2, 0) is 17.5 Å². The average Bonchev–Trinajstić information content (AvgIpc) is 3.28. The lowest BCUT2D eigenvalue weighted by molar-refractivity contribution is -0.180. The molecule has 0 aliphatic carbocycles. The molecule has 2 aromatic rings. The fourth-order valence-electron chi connectivity index (χ4n) is 3.25. The number of hydrogen-bond acceptors (Lipinski definition) is 4. The van der Waals surface area contributed by atoms with Gasteiger partial charge in [0.15, 0.2) is 5.82 Å². The first-order valence-corrected chi connectivity index (χ1v) is 8.95. The molecular weight excluding hydrogens is 416 g/mol. The Hall–Kier alpha value is -2.92. The molecule has 12 heteroatoms. The number of carbonyl (C=O) groups is 1. The first kappa shape index (κ1) is 21.8. The zero-order valence-corrected chi connectivity index (χ0v) is 15.7. The summed E-state index contributed by atoms with van der Waals surface area (Å²) < 4.78 is 78.4. The number of likely N-dealkylation sites (tertiary alicyclic amines) is 1. The summed E-state index contributed by atoms with van der Waals surface area (Å²) in [5.74, 6) is -0.531. The lowest BCUT2D eigenvalue weighted by Gasteiger charge is -2.25. The minimum atomic E-state index is -4.59. The molecule has 0 bridgehead atoms. The van der Waals surface area contributed by atoms with E-state index in [-0.39, 0.29) is 37.1 Å². The molecule has 3 rings (SSSR count). The van der Waals surface area contributed by atoms with Gasteiger partial charge in [0.05, 0.1) is 12.1 Å². The lowest BCUT2D eigenvalue weighted by Crippen LogP contribution is -2.43. The van der Waals surface area contributed by atoms with Crippen molar-refractivity contribution in [3.8, 4) is 0 Å². The number of rotatable bonds is 4. The van der Waals surface area contributed by atoms with E-state index in [4.69, 9.17) is 0 Å². The van der Waals surface area contributed by atoms with Gasteiger partial charge in [0.25, 0.3) is 0 Å². The Morgan fingerprint density at radius 2 is 1.97 bits per heavy atom. The molecule has 0 radical (unpaired) electrons. The van der Waals surface area contributed by atoms with Crippen LogP contribution in [0.25, 0.3) is 6.08 Å². The van der Waals surface area contributed by atoms with Gasteiger partial charge in [0, 0.05) is 12.6 Å². The van der Waals surface area contributed by atoms with Crippen molar-refractivity contribution in [2.75, 3.05) is 6.54 Å². The van der Waals surface area contributed by atoms with Crippen molar-refractivity contribution in [3.63, 3.8) is 0 Å². The number of carbonyl (C=O) groups excluding carboxylic acids is 1. The Bertz CT molecular complexity index is 949. The quantitative estimate of drug-likeness (QED) is 0.546. The average molecular weight is 433 g/mol. The normalized spacial score (nSPS) is 17.8. The Labute approximate surface area is 167 Å². The SMILES string of the molecule is Cc1nnn(Cc2cc(C(F)(F)F)ccc2C=CC(=O)N2CCC[C@H]2C(F)(F)F)n1. The highest BCUT2D eigenvalue weighted by atomic mass is 19.4. The van der Waals surface area contributed by atoms with E-state index >= 15 is 0 Å². The molecule has 0 saturated carbocycles. The largest absolute Gasteiger partial charge is 0.416 e. The maximum atomic E-state index is 13.1. The van der Waals surface area contributed by atoms with Crippen LogP contribution in [0, 0.1) is 6.92 Å². The zero-order valence-electron chi connectivity index (χ0n) is 15.7. The van der Waals surface area contributed by atoms with E-state index in [1.165, 1.54) is 6.08 Å². The standard InChI is InChI=1S/C18H17F6N5O/c1-11-25-27-29(26-11)10-13-9-14(17(19,20)21)6-4-12(13)5-7-16(30)28-8-2-3-15(28)18(22,23)24/h4-7,9,15H,2-3,8,10H2,1H3/t15-/m0/s1. The number of amides is 1. The van der Waals surface area contributed by atoms with Gasteiger partial charge < -0.3 is 4.90 Å². The fraction of sp³-hybridized carbons (Fsp3) is 0.444. The molecule has 30 heavy (non-hydrogen) atoms. The molecule has 1 aromatic heterocycles. The molecule has 1 aliphatic rings. The predicted octanol–water partition coefficient (Wildman–Crippen LogP) is 3.62. The molecule has 1 aliphatic heterocycles. The Morgan fingerprint density at radius 1 is 1.23 bits per heavy atom. The molecule has 162 valence electrons. The molecule has 1 aromatic carbocycles. The highest BCUT2D eigenvalue weighted by Crippen LogP contribution is 2.33. The van der Waals surface area contributed by atoms with Gasteiger partial charge in [-0.15, -0.1) is 10.2 Å². The van der Waals surface area contributed by atoms with Crippen molar-refractivity contribution in [1.29, 1.82) is 0 Å². The number of tetrazole rings is 1. The van der Waals surface area contributed by atoms with Gasteiger partial charge in [-0.2, -0.15) is 31.1 Å². The van der Waals surface area contributed by atoms with Gasteiger partial charge in [-0.25, -0.2) is 0 Å². The number of nitrogens with zero attached hydrogens (tertiary/aromatic N) is 5. The van der Waals surface area contributed by atoms with Crippen LogP contribution in [-0.4, -0.2) is 49.8 Å². The van der Waals surface area contributed by atoms with Crippen LogP contribution < -0.4 is 0 Å². The lowest BCUT2D eigenvalue weighted by atomic mass is 10.0. The molecule has 1 amide bonds. The second-order valence-corrected chi connectivity index (χ2v) is 6.84. The van der Waals surface area contributed by atoms with E-state index in [1.807, 2.05) is 0 Å². The summed E-state index contributed by atoms with van der Waals surface area (Å²) in [6.45, 7) is 1.37. The van der Waals surface area contributed by atoms with Crippen LogP contribution in [0.1, 0.15) is 35.4 Å². The van der Waals surface area contributed by atoms with Gasteiger partial charge in [-0.3, -0.25) is 4.79 Å². The summed E-state index contributed by atoms with van der Waals surface area (Å²) in [6.07, 6.45) is -6.92. The molecular formula is C18H17F6N5O. The number of aromatic nitrogens is 4. The Kier molecular flexibility index (Phi) is 5.86. The minimum Gasteiger partial charge on any atom is -0.327 e. The van der Waals surface area contributed by atoms with Gasteiger partial charge in [-0.05, 0) is 54.3 Å². The van der Waals surface area contributed by atoms with Crippen molar-refractivity contribution < 1.29 is 31.1 Å². The third kappa shape index (κ3) is 4.97. The van der Waals surface area contributed by atoms with Crippen LogP contribution in [0.3, 0.4) is 0 Å². The summed E-state index contributed by atoms with van der Waals surface area (Å²) in [6, 6.07) is 1.01. The Balaban J connectivity index is 1.87. The molecule has 2 heterocycles. The maximum absolute atomic E-state index is 13.1. The summed E-state index contributed by atoms with van der Waals surface area (Å²) in [5, 5.41) is 11.3. The third-order valence-electron chi connectivity index (χ3n) is 4.65. The molecule has 0 N–H and O–H groups in total. The fourth-order valence-corrected chi connectivity index (χ4v) is 3.25. The van der Waals surface area contributed by atoms with Crippen LogP contribution in [0.5, 0.6) is 0 Å². The van der Waals surface area contributed by atoms with Gasteiger partial charge in [0.1, 0.15) is 6.04 Å². The van der Waals surface area contributed by atoms with Gasteiger partial charge in [-0.1, -0.05) is 6.07 Å². The second-order valence-electron chi connectivity index (χ2n) is 6.84. The second kappa shape index (κ2) is 8.07. The summed E-state index contributed by atoms with van der Waals surface area (Å²) in [7, 11) is 0.